The van der Waals surface area contributed by atoms with E-state index < -0.39 is 9.84 Å². The van der Waals surface area contributed by atoms with Gasteiger partial charge in [0.2, 0.25) is 0 Å². The van der Waals surface area contributed by atoms with Crippen molar-refractivity contribution < 1.29 is 27.4 Å². The number of aromatic nitrogens is 4. The van der Waals surface area contributed by atoms with Crippen LogP contribution in [0.25, 0.3) is 22.0 Å². The normalized spacial score (nSPS) is 20.8. The number of aryl methyl sites for hydroxylation is 1. The number of sulfone groups is 1. The van der Waals surface area contributed by atoms with Crippen LogP contribution in [0.3, 0.4) is 0 Å². The number of halogens is 1. The number of pyridine rings is 1. The summed E-state index contributed by atoms with van der Waals surface area (Å²) in [6.07, 6.45) is 10.1. The molecule has 3 aromatic heterocycles. The SMILES string of the molecule is CCS(=O)(=O)Cc1ccc(OC2CC(OCC3CCN(c4ccc(C(=O)NC5CCC(Oc6ccc(C#N)c(Cl)c6)CC5)nn4)CC3)C2)c(-c2cn(C)c(=O)c3[nH]ccc23)c1. The molecule has 320 valence electrons. The summed E-state index contributed by atoms with van der Waals surface area (Å²) >= 11 is 6.15. The minimum absolute atomic E-state index is 0.0162. The Morgan fingerprint density at radius 3 is 2.44 bits per heavy atom. The molecule has 2 saturated carbocycles. The second kappa shape index (κ2) is 18.3. The van der Waals surface area contributed by atoms with Gasteiger partial charge in [0.25, 0.3) is 11.5 Å². The van der Waals surface area contributed by atoms with Crippen molar-refractivity contribution in [2.45, 2.75) is 88.4 Å². The maximum atomic E-state index is 13.0. The molecule has 8 rings (SSSR count). The number of hydrogen-bond donors (Lipinski definition) is 2. The summed E-state index contributed by atoms with van der Waals surface area (Å²) in [4.78, 5) is 31.1. The molecule has 1 amide bonds. The number of benzene rings is 2. The van der Waals surface area contributed by atoms with Gasteiger partial charge in [-0.15, -0.1) is 10.2 Å². The van der Waals surface area contributed by atoms with Gasteiger partial charge in [-0.2, -0.15) is 5.26 Å². The number of fused-ring (bicyclic) bond motifs is 1. The summed E-state index contributed by atoms with van der Waals surface area (Å²) in [7, 11) is -1.55. The lowest BCUT2D eigenvalue weighted by molar-refractivity contribution is -0.0727. The molecular weight excluding hydrogens is 818 g/mol. The summed E-state index contributed by atoms with van der Waals surface area (Å²) in [5, 5.41) is 22.0. The lowest BCUT2D eigenvalue weighted by Crippen LogP contribution is -2.41. The topological polar surface area (TPSA) is 182 Å². The predicted octanol–water partition coefficient (Wildman–Crippen LogP) is 6.75. The molecule has 0 bridgehead atoms. The third-order valence-corrected chi connectivity index (χ3v) is 14.1. The van der Waals surface area contributed by atoms with Gasteiger partial charge in [0.15, 0.2) is 21.3 Å². The Kier molecular flexibility index (Phi) is 12.7. The van der Waals surface area contributed by atoms with Crippen molar-refractivity contribution in [3.05, 3.63) is 99.2 Å². The predicted molar refractivity (Wildman–Crippen MR) is 233 cm³/mol. The monoisotopic (exact) mass is 867 g/mol. The van der Waals surface area contributed by atoms with E-state index in [1.807, 2.05) is 30.3 Å². The van der Waals surface area contributed by atoms with Crippen LogP contribution in [-0.2, 0) is 27.4 Å². The van der Waals surface area contributed by atoms with Crippen LogP contribution in [-0.4, -0.2) is 83.9 Å². The summed E-state index contributed by atoms with van der Waals surface area (Å²) in [6.45, 7) is 3.96. The van der Waals surface area contributed by atoms with E-state index in [2.05, 4.69) is 31.5 Å². The molecule has 0 unspecified atom stereocenters. The first-order valence-corrected chi connectivity index (χ1v) is 23.2. The molecule has 2 aromatic carbocycles. The zero-order valence-corrected chi connectivity index (χ0v) is 35.9. The minimum atomic E-state index is -3.26. The maximum absolute atomic E-state index is 13.0. The first kappa shape index (κ1) is 42.3. The van der Waals surface area contributed by atoms with Gasteiger partial charge in [-0.05, 0) is 92.5 Å². The molecule has 2 aliphatic carbocycles. The highest BCUT2D eigenvalue weighted by Gasteiger charge is 2.34. The van der Waals surface area contributed by atoms with Crippen molar-refractivity contribution in [3.63, 3.8) is 0 Å². The fourth-order valence-corrected chi connectivity index (χ4v) is 9.51. The molecule has 0 radical (unpaired) electrons. The third-order valence-electron chi connectivity index (χ3n) is 12.2. The standard InChI is InChI=1S/C45H50ClN7O7S/c1-3-61(56,57)27-29-4-12-41(37(20-29)38-25-52(2)45(55)43-36(38)14-17-48-43)60-35-21-34(22-35)58-26-28-15-18-53(19-16-28)42-13-11-40(50-51-42)44(54)49-31-6-9-32(10-7-31)59-33-8-5-30(24-47)39(46)23-33/h4-5,8,11-14,17,20,23,25,28,31-32,34-35,48H,3,6-7,9-10,15-16,18-19,21-22,26-27H2,1-2H3,(H,49,54). The summed E-state index contributed by atoms with van der Waals surface area (Å²) in [5.41, 5.74) is 3.26. The van der Waals surface area contributed by atoms with Gasteiger partial charge in [-0.1, -0.05) is 24.6 Å². The Morgan fingerprint density at radius 1 is 0.951 bits per heavy atom. The van der Waals surface area contributed by atoms with Crippen LogP contribution in [0.2, 0.25) is 5.02 Å². The van der Waals surface area contributed by atoms with Gasteiger partial charge in [0, 0.05) is 86.4 Å². The van der Waals surface area contributed by atoms with Gasteiger partial charge < -0.3 is 34.0 Å². The largest absolute Gasteiger partial charge is 0.490 e. The quantitative estimate of drug-likeness (QED) is 0.121. The molecule has 5 aromatic rings. The highest BCUT2D eigenvalue weighted by atomic mass is 35.5. The number of ether oxygens (including phenoxy) is 3. The molecule has 14 nitrogen and oxygen atoms in total. The summed E-state index contributed by atoms with van der Waals surface area (Å²) in [5.74, 6) is 2.20. The highest BCUT2D eigenvalue weighted by Crippen LogP contribution is 2.39. The van der Waals surface area contributed by atoms with Crippen molar-refractivity contribution in [2.75, 3.05) is 30.3 Å². The van der Waals surface area contributed by atoms with E-state index in [-0.39, 0.29) is 47.3 Å². The van der Waals surface area contributed by atoms with E-state index in [0.29, 0.717) is 51.4 Å². The van der Waals surface area contributed by atoms with Crippen molar-refractivity contribution in [1.82, 2.24) is 25.1 Å². The molecule has 1 aliphatic heterocycles. The molecular formula is C45H50ClN7O7S. The third kappa shape index (κ3) is 9.88. The number of amides is 1. The second-order valence-corrected chi connectivity index (χ2v) is 19.2. The van der Waals surface area contributed by atoms with E-state index >= 15 is 0 Å². The Labute approximate surface area is 360 Å². The van der Waals surface area contributed by atoms with Gasteiger partial charge in [-0.25, -0.2) is 8.42 Å². The van der Waals surface area contributed by atoms with Crippen LogP contribution in [0.4, 0.5) is 5.82 Å². The van der Waals surface area contributed by atoms with Crippen LogP contribution in [0, 0.1) is 17.2 Å². The lowest BCUT2D eigenvalue weighted by atomic mass is 9.91. The number of carbonyl (C=O) groups excluding carboxylic acids is 1. The number of hydrogen-bond acceptors (Lipinski definition) is 11. The number of aromatic amines is 1. The van der Waals surface area contributed by atoms with E-state index in [0.717, 1.165) is 86.8 Å². The Bertz CT molecular complexity index is 2590. The van der Waals surface area contributed by atoms with Crippen LogP contribution >= 0.6 is 11.6 Å². The van der Waals surface area contributed by atoms with Crippen LogP contribution in [0.1, 0.15) is 79.9 Å². The Morgan fingerprint density at radius 2 is 1.74 bits per heavy atom. The Hall–Kier alpha value is -5.43. The maximum Gasteiger partial charge on any atom is 0.274 e. The zero-order valence-electron chi connectivity index (χ0n) is 34.3. The number of H-pyrrole nitrogens is 1. The summed E-state index contributed by atoms with van der Waals surface area (Å²) < 4.78 is 45.5. The number of carbonyl (C=O) groups is 1. The lowest BCUT2D eigenvalue weighted by Gasteiger charge is -2.38. The smallest absolute Gasteiger partial charge is 0.274 e. The van der Waals surface area contributed by atoms with Gasteiger partial charge in [0.05, 0.1) is 28.5 Å². The van der Waals surface area contributed by atoms with Crippen molar-refractivity contribution in [2.24, 2.45) is 13.0 Å². The molecule has 3 fully saturated rings. The first-order valence-electron chi connectivity index (χ1n) is 21.0. The molecule has 2 N–H and O–H groups in total. The number of rotatable bonds is 14. The van der Waals surface area contributed by atoms with Crippen LogP contribution in [0.5, 0.6) is 11.5 Å². The van der Waals surface area contributed by atoms with Gasteiger partial charge in [-0.3, -0.25) is 9.59 Å². The van der Waals surface area contributed by atoms with E-state index in [4.69, 9.17) is 31.1 Å². The zero-order chi connectivity index (χ0) is 42.7. The second-order valence-electron chi connectivity index (χ2n) is 16.4. The molecule has 61 heavy (non-hydrogen) atoms. The first-order chi connectivity index (χ1) is 29.4. The fraction of sp³-hybridized carbons (Fsp3) is 0.444. The number of nitrogens with one attached hydrogen (secondary N) is 2. The van der Waals surface area contributed by atoms with Crippen LogP contribution < -0.4 is 25.2 Å². The van der Waals surface area contributed by atoms with Crippen LogP contribution in [0.15, 0.2) is 71.8 Å². The van der Waals surface area contributed by atoms with Gasteiger partial charge >= 0.3 is 0 Å². The number of nitrogens with zero attached hydrogens (tertiary/aromatic N) is 5. The molecule has 1 saturated heterocycles. The highest BCUT2D eigenvalue weighted by molar-refractivity contribution is 7.90. The fourth-order valence-electron chi connectivity index (χ4n) is 8.40. The molecule has 16 heteroatoms. The summed E-state index contributed by atoms with van der Waals surface area (Å²) in [6, 6.07) is 18.1. The van der Waals surface area contributed by atoms with E-state index in [1.165, 1.54) is 4.57 Å². The van der Waals surface area contributed by atoms with Crippen molar-refractivity contribution in [1.29, 1.82) is 5.26 Å². The van der Waals surface area contributed by atoms with E-state index in [1.54, 1.807) is 50.6 Å². The Balaban J connectivity index is 0.776. The average Bonchev–Trinajstić information content (AvgIpc) is 3.75. The van der Waals surface area contributed by atoms with Gasteiger partial charge in [0.1, 0.15) is 29.2 Å². The average molecular weight is 868 g/mol. The van der Waals surface area contributed by atoms with Crippen molar-refractivity contribution in [3.8, 4) is 28.7 Å². The molecule has 3 aliphatic rings. The minimum Gasteiger partial charge on any atom is -0.490 e. The molecule has 4 heterocycles. The molecule has 0 atom stereocenters. The number of anilines is 1. The van der Waals surface area contributed by atoms with Crippen molar-refractivity contribution >= 4 is 44.1 Å². The number of piperidine rings is 1. The van der Waals surface area contributed by atoms with E-state index in [9.17, 15) is 18.0 Å². The number of nitriles is 1. The molecule has 0 spiro atoms.